The van der Waals surface area contributed by atoms with Gasteiger partial charge in [0.1, 0.15) is 5.82 Å². The Bertz CT molecular complexity index is 454. The smallest absolute Gasteiger partial charge is 0.141 e. The van der Waals surface area contributed by atoms with Crippen LogP contribution in [0.1, 0.15) is 22.7 Å². The quantitative estimate of drug-likeness (QED) is 0.836. The molecule has 4 heteroatoms. The molecule has 0 saturated heterocycles. The second-order valence-corrected chi connectivity index (χ2v) is 3.71. The third kappa shape index (κ3) is 2.23. The van der Waals surface area contributed by atoms with Crippen molar-refractivity contribution >= 4 is 0 Å². The van der Waals surface area contributed by atoms with Gasteiger partial charge in [-0.2, -0.15) is 0 Å². The summed E-state index contributed by atoms with van der Waals surface area (Å²) in [5, 5.41) is 0. The normalized spacial score (nSPS) is 12.4. The van der Waals surface area contributed by atoms with Crippen molar-refractivity contribution in [2.45, 2.75) is 13.0 Å². The molecule has 3 nitrogen and oxygen atoms in total. The van der Waals surface area contributed by atoms with Crippen LogP contribution >= 0.6 is 0 Å². The van der Waals surface area contributed by atoms with Crippen molar-refractivity contribution in [3.8, 4) is 0 Å². The van der Waals surface area contributed by atoms with Crippen molar-refractivity contribution in [2.24, 2.45) is 5.73 Å². The van der Waals surface area contributed by atoms with E-state index in [0.717, 1.165) is 17.3 Å². The first-order chi connectivity index (χ1) is 7.66. The third-order valence-electron chi connectivity index (χ3n) is 2.34. The van der Waals surface area contributed by atoms with Crippen molar-refractivity contribution in [1.82, 2.24) is 9.97 Å². The summed E-state index contributed by atoms with van der Waals surface area (Å²) in [6, 6.07) is 2.93. The van der Waals surface area contributed by atoms with Crippen molar-refractivity contribution < 1.29 is 4.39 Å². The van der Waals surface area contributed by atoms with Gasteiger partial charge in [0.2, 0.25) is 0 Å². The highest BCUT2D eigenvalue weighted by molar-refractivity contribution is 5.29. The molecule has 0 aliphatic carbocycles. The Labute approximate surface area is 93.2 Å². The molecular formula is C12H12FN3. The molecule has 0 amide bonds. The Morgan fingerprint density at radius 3 is 2.31 bits per heavy atom. The van der Waals surface area contributed by atoms with Crippen LogP contribution in [0.3, 0.4) is 0 Å². The average Bonchev–Trinajstić information content (AvgIpc) is 2.28. The molecule has 2 rings (SSSR count). The maximum absolute atomic E-state index is 13.0. The van der Waals surface area contributed by atoms with Gasteiger partial charge in [0.25, 0.3) is 0 Å². The summed E-state index contributed by atoms with van der Waals surface area (Å²) in [4.78, 5) is 7.84. The van der Waals surface area contributed by atoms with Crippen LogP contribution < -0.4 is 5.73 Å². The van der Waals surface area contributed by atoms with Crippen LogP contribution in [0.25, 0.3) is 0 Å². The largest absolute Gasteiger partial charge is 0.320 e. The van der Waals surface area contributed by atoms with E-state index in [1.807, 2.05) is 13.0 Å². The molecule has 0 spiro atoms. The molecule has 0 fully saturated rings. The molecule has 1 atom stereocenters. The van der Waals surface area contributed by atoms with Crippen molar-refractivity contribution in [3.63, 3.8) is 0 Å². The summed E-state index contributed by atoms with van der Waals surface area (Å²) in [5.74, 6) is -0.381. The molecule has 2 heterocycles. The minimum absolute atomic E-state index is 0.381. The molecule has 2 aromatic rings. The standard InChI is InChI=1S/C12H12FN3/c1-8-2-9(5-15-4-8)12(14)10-3-11(13)7-16-6-10/h2-7,12H,14H2,1H3. The van der Waals surface area contributed by atoms with Gasteiger partial charge in [-0.25, -0.2) is 4.39 Å². The molecule has 0 radical (unpaired) electrons. The van der Waals surface area contributed by atoms with E-state index in [1.54, 1.807) is 18.6 Å². The van der Waals surface area contributed by atoms with Gasteiger partial charge in [-0.1, -0.05) is 6.07 Å². The second-order valence-electron chi connectivity index (χ2n) is 3.71. The van der Waals surface area contributed by atoms with Crippen molar-refractivity contribution in [1.29, 1.82) is 0 Å². The van der Waals surface area contributed by atoms with Gasteiger partial charge in [0.15, 0.2) is 0 Å². The molecule has 0 aromatic carbocycles. The summed E-state index contributed by atoms with van der Waals surface area (Å²) in [7, 11) is 0. The van der Waals surface area contributed by atoms with E-state index in [4.69, 9.17) is 5.73 Å². The van der Waals surface area contributed by atoms with E-state index in [9.17, 15) is 4.39 Å². The third-order valence-corrected chi connectivity index (χ3v) is 2.34. The van der Waals surface area contributed by atoms with Gasteiger partial charge in [0.05, 0.1) is 12.2 Å². The number of nitrogens with zero attached hydrogens (tertiary/aromatic N) is 2. The van der Waals surface area contributed by atoms with E-state index in [1.165, 1.54) is 6.07 Å². The predicted octanol–water partition coefficient (Wildman–Crippen LogP) is 1.97. The number of rotatable bonds is 2. The number of aryl methyl sites for hydroxylation is 1. The molecule has 1 unspecified atom stereocenters. The monoisotopic (exact) mass is 217 g/mol. The van der Waals surface area contributed by atoms with Crippen LogP contribution in [-0.4, -0.2) is 9.97 Å². The number of hydrogen-bond acceptors (Lipinski definition) is 3. The number of halogens is 1. The van der Waals surface area contributed by atoms with Gasteiger partial charge in [-0.15, -0.1) is 0 Å². The van der Waals surface area contributed by atoms with Crippen LogP contribution in [0.4, 0.5) is 4.39 Å². The van der Waals surface area contributed by atoms with E-state index in [2.05, 4.69) is 9.97 Å². The van der Waals surface area contributed by atoms with Crippen LogP contribution in [-0.2, 0) is 0 Å². The second kappa shape index (κ2) is 4.37. The molecule has 0 aliphatic heterocycles. The molecule has 82 valence electrons. The summed E-state index contributed by atoms with van der Waals surface area (Å²) in [5.41, 5.74) is 8.53. The van der Waals surface area contributed by atoms with Crippen LogP contribution in [0.2, 0.25) is 0 Å². The maximum atomic E-state index is 13.0. The lowest BCUT2D eigenvalue weighted by atomic mass is 10.0. The van der Waals surface area contributed by atoms with Gasteiger partial charge < -0.3 is 5.73 Å². The van der Waals surface area contributed by atoms with Gasteiger partial charge >= 0.3 is 0 Å². The molecule has 2 aromatic heterocycles. The Hall–Kier alpha value is -1.81. The van der Waals surface area contributed by atoms with Crippen LogP contribution in [0.15, 0.2) is 36.9 Å². The SMILES string of the molecule is Cc1cncc(C(N)c2cncc(F)c2)c1. The fourth-order valence-corrected chi connectivity index (χ4v) is 1.54. The van der Waals surface area contributed by atoms with Crippen molar-refractivity contribution in [2.75, 3.05) is 0 Å². The zero-order chi connectivity index (χ0) is 11.5. The molecular weight excluding hydrogens is 205 g/mol. The summed E-state index contributed by atoms with van der Waals surface area (Å²) >= 11 is 0. The highest BCUT2D eigenvalue weighted by atomic mass is 19.1. The van der Waals surface area contributed by atoms with Crippen LogP contribution in [0, 0.1) is 12.7 Å². The number of nitrogens with two attached hydrogens (primary N) is 1. The van der Waals surface area contributed by atoms with E-state index >= 15 is 0 Å². The molecule has 0 saturated carbocycles. The van der Waals surface area contributed by atoms with E-state index in [-0.39, 0.29) is 5.82 Å². The minimum atomic E-state index is -0.393. The predicted molar refractivity (Wildman–Crippen MR) is 59.2 cm³/mol. The Kier molecular flexibility index (Phi) is 2.92. The summed E-state index contributed by atoms with van der Waals surface area (Å²) < 4.78 is 13.0. The number of pyridine rings is 2. The highest BCUT2D eigenvalue weighted by Crippen LogP contribution is 2.19. The van der Waals surface area contributed by atoms with E-state index < -0.39 is 6.04 Å². The topological polar surface area (TPSA) is 51.8 Å². The lowest BCUT2D eigenvalue weighted by molar-refractivity contribution is 0.616. The maximum Gasteiger partial charge on any atom is 0.141 e. The number of aromatic nitrogens is 2. The minimum Gasteiger partial charge on any atom is -0.320 e. The Morgan fingerprint density at radius 1 is 1.06 bits per heavy atom. The van der Waals surface area contributed by atoms with Gasteiger partial charge in [-0.3, -0.25) is 9.97 Å². The molecule has 0 aliphatic rings. The van der Waals surface area contributed by atoms with E-state index in [0.29, 0.717) is 5.56 Å². The molecule has 0 bridgehead atoms. The fourth-order valence-electron chi connectivity index (χ4n) is 1.54. The zero-order valence-electron chi connectivity index (χ0n) is 8.89. The first-order valence-corrected chi connectivity index (χ1v) is 4.94. The lowest BCUT2D eigenvalue weighted by Crippen LogP contribution is -2.12. The summed E-state index contributed by atoms with van der Waals surface area (Å²) in [6.07, 6.45) is 6.16. The Balaban J connectivity index is 2.35. The van der Waals surface area contributed by atoms with Gasteiger partial charge in [-0.05, 0) is 29.7 Å². The average molecular weight is 217 g/mol. The fraction of sp³-hybridized carbons (Fsp3) is 0.167. The first kappa shape index (κ1) is 10.7. The van der Waals surface area contributed by atoms with Gasteiger partial charge in [0, 0.05) is 18.6 Å². The lowest BCUT2D eigenvalue weighted by Gasteiger charge is -2.12. The Morgan fingerprint density at radius 2 is 1.69 bits per heavy atom. The molecule has 2 N–H and O–H groups in total. The number of hydrogen-bond donors (Lipinski definition) is 1. The first-order valence-electron chi connectivity index (χ1n) is 4.94. The zero-order valence-corrected chi connectivity index (χ0v) is 8.89. The van der Waals surface area contributed by atoms with Crippen molar-refractivity contribution in [3.05, 3.63) is 59.4 Å². The summed E-state index contributed by atoms with van der Waals surface area (Å²) in [6.45, 7) is 1.94. The molecule has 16 heavy (non-hydrogen) atoms. The highest BCUT2D eigenvalue weighted by Gasteiger charge is 2.10. The van der Waals surface area contributed by atoms with Crippen LogP contribution in [0.5, 0.6) is 0 Å².